The van der Waals surface area contributed by atoms with Crippen molar-refractivity contribution in [1.29, 1.82) is 0 Å². The van der Waals surface area contributed by atoms with Crippen LogP contribution >= 0.6 is 11.3 Å². The molecule has 0 saturated heterocycles. The molecule has 0 unspecified atom stereocenters. The van der Waals surface area contributed by atoms with Gasteiger partial charge in [-0.3, -0.25) is 0 Å². The molecule has 0 amide bonds. The van der Waals surface area contributed by atoms with Gasteiger partial charge in [-0.2, -0.15) is 0 Å². The van der Waals surface area contributed by atoms with Gasteiger partial charge in [-0.15, -0.1) is 11.3 Å². The zero-order chi connectivity index (χ0) is 35.7. The molecule has 0 spiro atoms. The van der Waals surface area contributed by atoms with Gasteiger partial charge in [0.2, 0.25) is 0 Å². The van der Waals surface area contributed by atoms with Crippen LogP contribution in [0.25, 0.3) is 108 Å². The summed E-state index contributed by atoms with van der Waals surface area (Å²) in [5.74, 6) is 0. The molecule has 0 bridgehead atoms. The summed E-state index contributed by atoms with van der Waals surface area (Å²) in [6, 6.07) is 63.8. The molecular formula is C53H34S. The van der Waals surface area contributed by atoms with Gasteiger partial charge in [-0.05, 0) is 112 Å². The van der Waals surface area contributed by atoms with Gasteiger partial charge in [0.1, 0.15) is 0 Å². The third-order valence-electron chi connectivity index (χ3n) is 12.4. The molecule has 0 atom stereocenters. The van der Waals surface area contributed by atoms with E-state index >= 15 is 0 Å². The Morgan fingerprint density at radius 1 is 0.352 bits per heavy atom. The van der Waals surface area contributed by atoms with E-state index in [-0.39, 0.29) is 5.41 Å². The first kappa shape index (κ1) is 30.2. The highest BCUT2D eigenvalue weighted by Gasteiger charge is 2.38. The number of thiophene rings is 1. The van der Waals surface area contributed by atoms with E-state index in [9.17, 15) is 0 Å². The lowest BCUT2D eigenvalue weighted by molar-refractivity contribution is 0.645. The van der Waals surface area contributed by atoms with Crippen molar-refractivity contribution in [2.45, 2.75) is 19.3 Å². The number of benzene rings is 9. The van der Waals surface area contributed by atoms with Crippen LogP contribution in [0.3, 0.4) is 0 Å². The fourth-order valence-electron chi connectivity index (χ4n) is 10.0. The molecular weight excluding hydrogens is 669 g/mol. The van der Waals surface area contributed by atoms with Crippen molar-refractivity contribution in [3.63, 3.8) is 0 Å². The van der Waals surface area contributed by atoms with Crippen molar-refractivity contribution in [2.24, 2.45) is 0 Å². The zero-order valence-corrected chi connectivity index (χ0v) is 30.9. The fourth-order valence-corrected chi connectivity index (χ4v) is 11.3. The molecule has 0 saturated carbocycles. The summed E-state index contributed by atoms with van der Waals surface area (Å²) in [6.45, 7) is 4.87. The largest absolute Gasteiger partial charge is 0.135 e. The Morgan fingerprint density at radius 3 is 1.59 bits per heavy atom. The predicted octanol–water partition coefficient (Wildman–Crippen LogP) is 15.3. The van der Waals surface area contributed by atoms with Crippen molar-refractivity contribution in [3.8, 4) is 66.8 Å². The van der Waals surface area contributed by atoms with E-state index in [4.69, 9.17) is 0 Å². The van der Waals surface area contributed by atoms with Gasteiger partial charge < -0.3 is 0 Å². The SMILES string of the molecule is CC1(C)c2cc(-c3cccc4c3sc3ccccc34)ccc2-c2ccc3c4c(ccc1c24)-c1c-3c(-c2ccccc2)c2ccccc2c1-c1ccccc1. The van der Waals surface area contributed by atoms with E-state index in [1.165, 1.54) is 120 Å². The van der Waals surface area contributed by atoms with Gasteiger partial charge in [0, 0.05) is 25.6 Å². The fraction of sp³-hybridized carbons (Fsp3) is 0.0566. The molecule has 1 heterocycles. The molecule has 0 nitrogen and oxygen atoms in total. The van der Waals surface area contributed by atoms with E-state index in [1.807, 2.05) is 11.3 Å². The molecule has 12 rings (SSSR count). The van der Waals surface area contributed by atoms with Crippen LogP contribution in [-0.4, -0.2) is 0 Å². The molecule has 0 N–H and O–H groups in total. The average Bonchev–Trinajstić information content (AvgIpc) is 3.77. The summed E-state index contributed by atoms with van der Waals surface area (Å²) < 4.78 is 2.71. The average molecular weight is 703 g/mol. The number of rotatable bonds is 3. The maximum atomic E-state index is 2.49. The number of hydrogen-bond donors (Lipinski definition) is 0. The van der Waals surface area contributed by atoms with Crippen LogP contribution in [0.15, 0.2) is 170 Å². The molecule has 10 aromatic rings. The predicted molar refractivity (Wildman–Crippen MR) is 233 cm³/mol. The minimum absolute atomic E-state index is 0.201. The van der Waals surface area contributed by atoms with Gasteiger partial charge in [-0.25, -0.2) is 0 Å². The van der Waals surface area contributed by atoms with Gasteiger partial charge in [0.05, 0.1) is 0 Å². The Hall–Kier alpha value is -6.28. The Balaban J connectivity index is 1.15. The molecule has 252 valence electrons. The third-order valence-corrected chi connectivity index (χ3v) is 13.6. The summed E-state index contributed by atoms with van der Waals surface area (Å²) in [5.41, 5.74) is 18.4. The molecule has 0 fully saturated rings. The molecule has 2 aliphatic carbocycles. The highest BCUT2D eigenvalue weighted by atomic mass is 32.1. The highest BCUT2D eigenvalue weighted by Crippen LogP contribution is 2.61. The molecule has 9 aromatic carbocycles. The smallest absolute Gasteiger partial charge is 0.0433 e. The van der Waals surface area contributed by atoms with Gasteiger partial charge in [0.25, 0.3) is 0 Å². The van der Waals surface area contributed by atoms with Gasteiger partial charge in [0.15, 0.2) is 0 Å². The first-order valence-corrected chi connectivity index (χ1v) is 19.8. The lowest BCUT2D eigenvalue weighted by atomic mass is 9.67. The quantitative estimate of drug-likeness (QED) is 0.172. The Labute approximate surface area is 318 Å². The minimum atomic E-state index is -0.201. The summed E-state index contributed by atoms with van der Waals surface area (Å²) in [6.07, 6.45) is 0. The van der Waals surface area contributed by atoms with E-state index in [0.717, 1.165) is 0 Å². The summed E-state index contributed by atoms with van der Waals surface area (Å²) in [5, 5.41) is 8.07. The summed E-state index contributed by atoms with van der Waals surface area (Å²) >= 11 is 1.91. The molecule has 54 heavy (non-hydrogen) atoms. The molecule has 0 radical (unpaired) electrons. The Kier molecular flexibility index (Phi) is 6.09. The van der Waals surface area contributed by atoms with Crippen LogP contribution < -0.4 is 0 Å². The molecule has 2 aliphatic rings. The van der Waals surface area contributed by atoms with Crippen molar-refractivity contribution < 1.29 is 0 Å². The van der Waals surface area contributed by atoms with Crippen LogP contribution in [0.4, 0.5) is 0 Å². The van der Waals surface area contributed by atoms with Gasteiger partial charge in [-0.1, -0.05) is 172 Å². The standard InChI is InChI=1S/C53H34S/c1-53(2)43-29-28-42-48-41(50-46(31-14-5-3-6-15-31)37-19-9-10-20-38(37)47(51(42)50)32-16-7-4-8-17-32)27-26-39(49(43)48)35-25-24-33(30-44(35)53)34-21-13-22-40-36-18-11-12-23-45(36)54-52(34)40/h3-30H,1-2H3. The maximum Gasteiger partial charge on any atom is 0.0433 e. The third kappa shape index (κ3) is 3.92. The van der Waals surface area contributed by atoms with Crippen LogP contribution in [0.2, 0.25) is 0 Å². The van der Waals surface area contributed by atoms with Crippen molar-refractivity contribution >= 4 is 53.1 Å². The second-order valence-electron chi connectivity index (χ2n) is 15.5. The zero-order valence-electron chi connectivity index (χ0n) is 30.1. The lowest BCUT2D eigenvalue weighted by Crippen LogP contribution is -2.23. The van der Waals surface area contributed by atoms with Gasteiger partial charge >= 0.3 is 0 Å². The van der Waals surface area contributed by atoms with Crippen LogP contribution in [0, 0.1) is 0 Å². The number of hydrogen-bond acceptors (Lipinski definition) is 1. The first-order valence-electron chi connectivity index (χ1n) is 18.9. The van der Waals surface area contributed by atoms with E-state index in [2.05, 4.69) is 184 Å². The van der Waals surface area contributed by atoms with Crippen molar-refractivity contribution in [3.05, 3.63) is 181 Å². The summed E-state index contributed by atoms with van der Waals surface area (Å²) in [4.78, 5) is 0. The Morgan fingerprint density at radius 2 is 0.907 bits per heavy atom. The van der Waals surface area contributed by atoms with E-state index < -0.39 is 0 Å². The molecule has 0 aliphatic heterocycles. The molecule has 1 heteroatoms. The normalized spacial score (nSPS) is 13.5. The topological polar surface area (TPSA) is 0 Å². The molecule has 1 aromatic heterocycles. The Bertz CT molecular complexity index is 3120. The highest BCUT2D eigenvalue weighted by molar-refractivity contribution is 7.26. The second kappa shape index (κ2) is 10.9. The number of fused-ring (bicyclic) bond motifs is 9. The van der Waals surface area contributed by atoms with Crippen LogP contribution in [0.5, 0.6) is 0 Å². The van der Waals surface area contributed by atoms with Crippen molar-refractivity contribution in [2.75, 3.05) is 0 Å². The van der Waals surface area contributed by atoms with E-state index in [1.54, 1.807) is 0 Å². The second-order valence-corrected chi connectivity index (χ2v) is 16.6. The minimum Gasteiger partial charge on any atom is -0.135 e. The van der Waals surface area contributed by atoms with E-state index in [0.29, 0.717) is 0 Å². The lowest BCUT2D eigenvalue weighted by Gasteiger charge is -2.36. The van der Waals surface area contributed by atoms with Crippen LogP contribution in [-0.2, 0) is 5.41 Å². The van der Waals surface area contributed by atoms with Crippen molar-refractivity contribution in [1.82, 2.24) is 0 Å². The summed E-state index contributed by atoms with van der Waals surface area (Å²) in [7, 11) is 0. The monoisotopic (exact) mass is 702 g/mol. The maximum absolute atomic E-state index is 2.49. The van der Waals surface area contributed by atoms with Crippen LogP contribution in [0.1, 0.15) is 25.0 Å². The first-order chi connectivity index (χ1) is 26.6.